The van der Waals surface area contributed by atoms with E-state index in [1.165, 1.54) is 23.3 Å². The van der Waals surface area contributed by atoms with E-state index in [9.17, 15) is 14.7 Å². The van der Waals surface area contributed by atoms with Crippen molar-refractivity contribution in [2.45, 2.75) is 62.6 Å². The number of nitrogens with zero attached hydrogens (tertiary/aromatic N) is 2. The Morgan fingerprint density at radius 2 is 1.45 bits per heavy atom. The van der Waals surface area contributed by atoms with Gasteiger partial charge in [0.05, 0.1) is 27.4 Å². The van der Waals surface area contributed by atoms with E-state index in [-0.39, 0.29) is 13.2 Å². The highest BCUT2D eigenvalue weighted by atomic mass is 16.7. The zero-order chi connectivity index (χ0) is 38.6. The first-order valence-corrected chi connectivity index (χ1v) is 19.1. The van der Waals surface area contributed by atoms with Gasteiger partial charge < -0.3 is 33.4 Å². The van der Waals surface area contributed by atoms with Crippen LogP contribution in [0.1, 0.15) is 53.3 Å². The maximum Gasteiger partial charge on any atom is 0.495 e. The van der Waals surface area contributed by atoms with Gasteiger partial charge in [0, 0.05) is 18.8 Å². The van der Waals surface area contributed by atoms with Gasteiger partial charge in [0.1, 0.15) is 35.4 Å². The van der Waals surface area contributed by atoms with Gasteiger partial charge >= 0.3 is 12.8 Å². The smallest absolute Gasteiger partial charge is 0.495 e. The molecule has 3 aliphatic heterocycles. The summed E-state index contributed by atoms with van der Waals surface area (Å²) in [5, 5.41) is 10.3. The molecule has 1 aromatic heterocycles. The molecule has 0 saturated carbocycles. The van der Waals surface area contributed by atoms with Crippen molar-refractivity contribution >= 4 is 12.6 Å². The summed E-state index contributed by atoms with van der Waals surface area (Å²) in [5.41, 5.74) is 3.42. The quantitative estimate of drug-likeness (QED) is 0.134. The third-order valence-corrected chi connectivity index (χ3v) is 11.1. The highest BCUT2D eigenvalue weighted by molar-refractivity contribution is 6.62. The molecule has 4 heterocycles. The van der Waals surface area contributed by atoms with Crippen LogP contribution in [0.5, 0.6) is 11.5 Å². The molecule has 12 nitrogen and oxygen atoms in total. The summed E-state index contributed by atoms with van der Waals surface area (Å²) in [5.74, 6) is 1.48. The van der Waals surface area contributed by atoms with Crippen molar-refractivity contribution in [1.82, 2.24) is 14.5 Å². The highest BCUT2D eigenvalue weighted by Gasteiger charge is 2.55. The van der Waals surface area contributed by atoms with E-state index < -0.39 is 48.5 Å². The highest BCUT2D eigenvalue weighted by Crippen LogP contribution is 2.43. The number of aliphatic hydroxyl groups is 1. The van der Waals surface area contributed by atoms with Crippen LogP contribution in [0.4, 0.5) is 0 Å². The number of aromatic nitrogens is 2. The van der Waals surface area contributed by atoms with Gasteiger partial charge in [0.15, 0.2) is 6.23 Å². The fourth-order valence-electron chi connectivity index (χ4n) is 8.20. The standard InChI is InChI=1S/C43H46BN3O9/c1-51-34-17-13-32(14-18-34)43(31-9-5-3-6-10-31,33-15-19-35(52-2)20-16-33)53-28-29-11-12-30(26-46-22-7-4-8-23-46)36(25-29)44-55-39-37(27-48)54-41(40(39)56-44)47-24-21-38(49)45-42(47)50/h3,5-6,9-21,24-25,37,39-41,48H,4,7-8,22-23,26-28H2,1-2H3,(H,45,49,50)/t37-,39-,40-,41-/m1/s1. The Labute approximate surface area is 325 Å². The Balaban J connectivity index is 1.17. The van der Waals surface area contributed by atoms with Gasteiger partial charge in [-0.25, -0.2) is 4.79 Å². The lowest BCUT2D eigenvalue weighted by molar-refractivity contribution is -0.0606. The summed E-state index contributed by atoms with van der Waals surface area (Å²) < 4.78 is 38.9. The molecule has 0 amide bonds. The zero-order valence-electron chi connectivity index (χ0n) is 31.5. The van der Waals surface area contributed by atoms with Crippen LogP contribution in [-0.4, -0.2) is 78.9 Å². The molecule has 0 bridgehead atoms. The Morgan fingerprint density at radius 1 is 0.804 bits per heavy atom. The van der Waals surface area contributed by atoms with Gasteiger partial charge in [-0.15, -0.1) is 0 Å². The Kier molecular flexibility index (Phi) is 11.2. The number of rotatable bonds is 13. The van der Waals surface area contributed by atoms with Crippen molar-refractivity contribution in [3.8, 4) is 11.5 Å². The van der Waals surface area contributed by atoms with Crippen molar-refractivity contribution in [3.63, 3.8) is 0 Å². The number of piperidine rings is 1. The number of H-pyrrole nitrogens is 1. The molecular weight excluding hydrogens is 713 g/mol. The molecule has 290 valence electrons. The summed E-state index contributed by atoms with van der Waals surface area (Å²) in [6.07, 6.45) is 1.85. The summed E-state index contributed by atoms with van der Waals surface area (Å²) >= 11 is 0. The summed E-state index contributed by atoms with van der Waals surface area (Å²) in [4.78, 5) is 29.4. The van der Waals surface area contributed by atoms with Crippen LogP contribution in [0, 0.1) is 0 Å². The van der Waals surface area contributed by atoms with Crippen LogP contribution in [-0.2, 0) is 37.5 Å². The second-order valence-electron chi connectivity index (χ2n) is 14.5. The van der Waals surface area contributed by atoms with Crippen LogP contribution in [0.2, 0.25) is 0 Å². The second-order valence-corrected chi connectivity index (χ2v) is 14.5. The van der Waals surface area contributed by atoms with Crippen molar-refractivity contribution in [2.24, 2.45) is 0 Å². The number of methoxy groups -OCH3 is 2. The molecule has 0 unspecified atom stereocenters. The number of hydrogen-bond donors (Lipinski definition) is 2. The van der Waals surface area contributed by atoms with Crippen molar-refractivity contribution < 1.29 is 33.4 Å². The Morgan fingerprint density at radius 3 is 2.07 bits per heavy atom. The van der Waals surface area contributed by atoms with Gasteiger partial charge in [0.25, 0.3) is 5.56 Å². The maximum absolute atomic E-state index is 12.8. The van der Waals surface area contributed by atoms with Gasteiger partial charge in [-0.3, -0.25) is 19.2 Å². The van der Waals surface area contributed by atoms with Crippen molar-refractivity contribution in [3.05, 3.63) is 158 Å². The van der Waals surface area contributed by atoms with Gasteiger partial charge in [-0.2, -0.15) is 0 Å². The van der Waals surface area contributed by atoms with Crippen molar-refractivity contribution in [1.29, 1.82) is 0 Å². The number of likely N-dealkylation sites (tertiary alicyclic amines) is 1. The van der Waals surface area contributed by atoms with Crippen LogP contribution in [0.15, 0.2) is 119 Å². The van der Waals surface area contributed by atoms with E-state index in [1.54, 1.807) is 14.2 Å². The minimum atomic E-state index is -1.02. The molecule has 3 saturated heterocycles. The van der Waals surface area contributed by atoms with E-state index in [0.717, 1.165) is 70.7 Å². The number of aromatic amines is 1. The number of hydrogen-bond acceptors (Lipinski definition) is 10. The molecule has 0 aliphatic carbocycles. The monoisotopic (exact) mass is 759 g/mol. The second kappa shape index (κ2) is 16.6. The predicted octanol–water partition coefficient (Wildman–Crippen LogP) is 4.12. The fourth-order valence-corrected chi connectivity index (χ4v) is 8.20. The molecule has 2 N–H and O–H groups in total. The number of nitrogens with one attached hydrogen (secondary N) is 1. The number of aliphatic hydroxyl groups excluding tert-OH is 1. The molecular formula is C43H46BN3O9. The predicted molar refractivity (Wildman–Crippen MR) is 210 cm³/mol. The molecule has 56 heavy (non-hydrogen) atoms. The number of ether oxygens (including phenoxy) is 4. The molecule has 3 aliphatic rings. The first-order valence-electron chi connectivity index (χ1n) is 19.1. The summed E-state index contributed by atoms with van der Waals surface area (Å²) in [6.45, 7) is 2.61. The summed E-state index contributed by atoms with van der Waals surface area (Å²) in [6, 6.07) is 33.6. The van der Waals surface area contributed by atoms with E-state index in [2.05, 4.69) is 40.2 Å². The first kappa shape index (κ1) is 37.9. The van der Waals surface area contributed by atoms with E-state index in [0.29, 0.717) is 6.54 Å². The van der Waals surface area contributed by atoms with Crippen molar-refractivity contribution in [2.75, 3.05) is 33.9 Å². The lowest BCUT2D eigenvalue weighted by Gasteiger charge is -2.36. The molecule has 4 atom stereocenters. The normalized spacial score (nSPS) is 21.2. The Bertz CT molecular complexity index is 2160. The van der Waals surface area contributed by atoms with Crippen LogP contribution >= 0.6 is 0 Å². The number of benzene rings is 4. The molecule has 8 rings (SSSR count). The molecule has 13 heteroatoms. The van der Waals surface area contributed by atoms with Crippen LogP contribution < -0.4 is 26.2 Å². The third kappa shape index (κ3) is 7.46. The van der Waals surface area contributed by atoms with E-state index >= 15 is 0 Å². The van der Waals surface area contributed by atoms with Crippen LogP contribution in [0.25, 0.3) is 0 Å². The van der Waals surface area contributed by atoms with Gasteiger partial charge in [0.2, 0.25) is 0 Å². The maximum atomic E-state index is 12.8. The summed E-state index contributed by atoms with van der Waals surface area (Å²) in [7, 11) is 2.49. The van der Waals surface area contributed by atoms with Crippen LogP contribution in [0.3, 0.4) is 0 Å². The topological polar surface area (TPSA) is 134 Å². The molecule has 5 aromatic rings. The lowest BCUT2D eigenvalue weighted by atomic mass is 9.75. The average molecular weight is 760 g/mol. The first-order chi connectivity index (χ1) is 27.4. The molecule has 4 aromatic carbocycles. The van der Waals surface area contributed by atoms with Gasteiger partial charge in [-0.05, 0) is 83.5 Å². The minimum Gasteiger partial charge on any atom is -0.497 e. The molecule has 0 radical (unpaired) electrons. The minimum absolute atomic E-state index is 0.224. The van der Waals surface area contributed by atoms with E-state index in [4.69, 9.17) is 28.3 Å². The van der Waals surface area contributed by atoms with Gasteiger partial charge in [-0.1, -0.05) is 79.2 Å². The third-order valence-electron chi connectivity index (χ3n) is 11.1. The molecule has 0 spiro atoms. The fraction of sp³-hybridized carbons (Fsp3) is 0.349. The SMILES string of the molecule is COc1ccc(C(OCc2ccc(CN3CCCCC3)c(B3O[C@@H]4[C@H](O3)[C@@H](CO)O[C@H]4n3ccc(=O)[nH]c3=O)c2)(c2ccccc2)c2ccc(OC)cc2)cc1. The number of fused-ring (bicyclic) bond motifs is 1. The zero-order valence-corrected chi connectivity index (χ0v) is 31.5. The largest absolute Gasteiger partial charge is 0.497 e. The lowest BCUT2D eigenvalue weighted by Crippen LogP contribution is -2.41. The van der Waals surface area contributed by atoms with E-state index in [1.807, 2.05) is 66.7 Å². The Hall–Kier alpha value is -5.02. The molecule has 3 fully saturated rings. The average Bonchev–Trinajstić information content (AvgIpc) is 3.83.